The van der Waals surface area contributed by atoms with E-state index in [1.807, 2.05) is 13.8 Å². The van der Waals surface area contributed by atoms with Gasteiger partial charge in [-0.1, -0.05) is 12.2 Å². The third kappa shape index (κ3) is 2.48. The second kappa shape index (κ2) is 5.44. The molecule has 0 unspecified atom stereocenters. The van der Waals surface area contributed by atoms with E-state index in [9.17, 15) is 9.59 Å². The maximum atomic E-state index is 12.2. The fourth-order valence-electron chi connectivity index (χ4n) is 3.83. The second-order valence-corrected chi connectivity index (χ2v) is 6.44. The Kier molecular flexibility index (Phi) is 4.15. The zero-order chi connectivity index (χ0) is 15.8. The quantitative estimate of drug-likeness (QED) is 0.454. The zero-order valence-electron chi connectivity index (χ0n) is 13.2. The Balaban J connectivity index is 2.31. The molecule has 21 heavy (non-hydrogen) atoms. The molecule has 5 nitrogen and oxygen atoms in total. The van der Waals surface area contributed by atoms with Crippen LogP contribution in [0.4, 0.5) is 0 Å². The molecular formula is C16H24O5. The molecule has 0 aromatic carbocycles. The summed E-state index contributed by atoms with van der Waals surface area (Å²) in [7, 11) is 2.58. The summed E-state index contributed by atoms with van der Waals surface area (Å²) in [6.07, 6.45) is 2.67. The molecule has 2 aliphatic rings. The molecule has 3 atom stereocenters. The van der Waals surface area contributed by atoms with Crippen molar-refractivity contribution in [2.75, 3.05) is 14.2 Å². The fraction of sp³-hybridized carbons (Fsp3) is 0.750. The van der Waals surface area contributed by atoms with Crippen LogP contribution >= 0.6 is 0 Å². The summed E-state index contributed by atoms with van der Waals surface area (Å²) in [6.45, 7) is 8.16. The largest absolute Gasteiger partial charge is 0.468 e. The van der Waals surface area contributed by atoms with Gasteiger partial charge in [-0.3, -0.25) is 9.59 Å². The van der Waals surface area contributed by atoms with E-state index in [1.165, 1.54) is 14.2 Å². The van der Waals surface area contributed by atoms with Crippen LogP contribution in [0, 0.1) is 11.3 Å². The highest BCUT2D eigenvalue weighted by molar-refractivity contribution is 6.01. The summed E-state index contributed by atoms with van der Waals surface area (Å²) in [5.41, 5.74) is -0.786. The third-order valence-corrected chi connectivity index (χ3v) is 4.98. The molecule has 2 fully saturated rings. The van der Waals surface area contributed by atoms with E-state index in [0.29, 0.717) is 6.42 Å². The van der Waals surface area contributed by atoms with Crippen molar-refractivity contribution in [3.05, 3.63) is 12.2 Å². The normalized spacial score (nSPS) is 34.8. The lowest BCUT2D eigenvalue weighted by Gasteiger charge is -2.33. The first kappa shape index (κ1) is 16.0. The van der Waals surface area contributed by atoms with E-state index in [0.717, 1.165) is 18.4 Å². The average Bonchev–Trinajstić information content (AvgIpc) is 2.99. The molecule has 118 valence electrons. The minimum atomic E-state index is -1.27. The Bertz CT molecular complexity index is 453. The van der Waals surface area contributed by atoms with Crippen molar-refractivity contribution in [3.8, 4) is 0 Å². The van der Waals surface area contributed by atoms with E-state index in [1.54, 1.807) is 0 Å². The van der Waals surface area contributed by atoms with Crippen molar-refractivity contribution in [2.24, 2.45) is 11.3 Å². The predicted octanol–water partition coefficient (Wildman–Crippen LogP) is 2.24. The molecule has 1 saturated carbocycles. The molecule has 1 saturated heterocycles. The van der Waals surface area contributed by atoms with Gasteiger partial charge in [-0.2, -0.15) is 0 Å². The van der Waals surface area contributed by atoms with Crippen LogP contribution in [-0.2, 0) is 23.8 Å². The van der Waals surface area contributed by atoms with Crippen LogP contribution in [0.5, 0.6) is 0 Å². The van der Waals surface area contributed by atoms with Gasteiger partial charge in [0.2, 0.25) is 0 Å². The zero-order valence-corrected chi connectivity index (χ0v) is 13.2. The van der Waals surface area contributed by atoms with E-state index < -0.39 is 17.4 Å². The number of rotatable bonds is 3. The molecular weight excluding hydrogens is 272 g/mol. The van der Waals surface area contributed by atoms with Gasteiger partial charge in [-0.05, 0) is 39.5 Å². The maximum Gasteiger partial charge on any atom is 0.323 e. The number of methoxy groups -OCH3 is 2. The van der Waals surface area contributed by atoms with Crippen molar-refractivity contribution < 1.29 is 23.8 Å². The van der Waals surface area contributed by atoms with E-state index >= 15 is 0 Å². The topological polar surface area (TPSA) is 61.8 Å². The third-order valence-electron chi connectivity index (χ3n) is 4.98. The monoisotopic (exact) mass is 296 g/mol. The van der Waals surface area contributed by atoms with Gasteiger partial charge in [-0.15, -0.1) is 0 Å². The molecule has 0 spiro atoms. The van der Waals surface area contributed by atoms with E-state index in [-0.39, 0.29) is 24.0 Å². The van der Waals surface area contributed by atoms with Gasteiger partial charge in [0.25, 0.3) is 0 Å². The number of hydrogen-bond donors (Lipinski definition) is 0. The number of carbonyl (C=O) groups excluding carboxylic acids is 2. The lowest BCUT2D eigenvalue weighted by Crippen LogP contribution is -2.41. The first-order valence-electron chi connectivity index (χ1n) is 7.31. The summed E-state index contributed by atoms with van der Waals surface area (Å²) in [4.78, 5) is 24.4. The SMILES string of the molecule is C=C1CC(C(=O)OC)(C(=O)OC)C[C@@H]1[C@]1(C)CC[C@@H](C)O1. The number of hydrogen-bond acceptors (Lipinski definition) is 5. The number of esters is 2. The standard InChI is InChI=1S/C16H24O5/c1-10-8-16(13(17)19-4,14(18)20-5)9-12(10)15(3)7-6-11(2)21-15/h11-12H,1,6-9H2,2-5H3/t11-,12+,15+/m1/s1. The molecule has 5 heteroatoms. The van der Waals surface area contributed by atoms with E-state index in [2.05, 4.69) is 6.58 Å². The van der Waals surface area contributed by atoms with Crippen LogP contribution in [0.2, 0.25) is 0 Å². The van der Waals surface area contributed by atoms with Crippen molar-refractivity contribution in [1.29, 1.82) is 0 Å². The van der Waals surface area contributed by atoms with Crippen LogP contribution in [0.15, 0.2) is 12.2 Å². The van der Waals surface area contributed by atoms with Crippen molar-refractivity contribution in [3.63, 3.8) is 0 Å². The highest BCUT2D eigenvalue weighted by atomic mass is 16.5. The summed E-state index contributed by atoms with van der Waals surface area (Å²) >= 11 is 0. The molecule has 0 aromatic heterocycles. The van der Waals surface area contributed by atoms with Crippen LogP contribution in [0.3, 0.4) is 0 Å². The molecule has 0 N–H and O–H groups in total. The smallest absolute Gasteiger partial charge is 0.323 e. The summed E-state index contributed by atoms with van der Waals surface area (Å²) < 4.78 is 15.8. The molecule has 1 aliphatic carbocycles. The van der Waals surface area contributed by atoms with Gasteiger partial charge in [0.05, 0.1) is 25.9 Å². The average molecular weight is 296 g/mol. The Labute approximate surface area is 125 Å². The summed E-state index contributed by atoms with van der Waals surface area (Å²) in [6, 6.07) is 0. The predicted molar refractivity (Wildman–Crippen MR) is 76.5 cm³/mol. The molecule has 0 radical (unpaired) electrons. The Hall–Kier alpha value is -1.36. The Morgan fingerprint density at radius 1 is 1.29 bits per heavy atom. The summed E-state index contributed by atoms with van der Waals surface area (Å²) in [5.74, 6) is -1.14. The molecule has 2 rings (SSSR count). The van der Waals surface area contributed by atoms with Crippen molar-refractivity contribution in [2.45, 2.75) is 51.2 Å². The van der Waals surface area contributed by atoms with E-state index in [4.69, 9.17) is 14.2 Å². The van der Waals surface area contributed by atoms with Crippen LogP contribution in [0.1, 0.15) is 39.5 Å². The van der Waals surface area contributed by atoms with Gasteiger partial charge in [0.15, 0.2) is 5.41 Å². The molecule has 0 bridgehead atoms. The number of ether oxygens (including phenoxy) is 3. The molecule has 1 heterocycles. The highest BCUT2D eigenvalue weighted by Gasteiger charge is 2.59. The summed E-state index contributed by atoms with van der Waals surface area (Å²) in [5, 5.41) is 0. The highest BCUT2D eigenvalue weighted by Crippen LogP contribution is 2.54. The second-order valence-electron chi connectivity index (χ2n) is 6.44. The van der Waals surface area contributed by atoms with Crippen molar-refractivity contribution >= 4 is 11.9 Å². The lowest BCUT2D eigenvalue weighted by atomic mass is 9.79. The molecule has 1 aliphatic heterocycles. The number of carbonyl (C=O) groups is 2. The van der Waals surface area contributed by atoms with Gasteiger partial charge in [0.1, 0.15) is 0 Å². The van der Waals surface area contributed by atoms with Gasteiger partial charge in [-0.25, -0.2) is 0 Å². The Morgan fingerprint density at radius 2 is 1.86 bits per heavy atom. The molecule has 0 aromatic rings. The van der Waals surface area contributed by atoms with Crippen molar-refractivity contribution in [1.82, 2.24) is 0 Å². The maximum absolute atomic E-state index is 12.2. The van der Waals surface area contributed by atoms with Crippen LogP contribution in [0.25, 0.3) is 0 Å². The first-order valence-corrected chi connectivity index (χ1v) is 7.31. The minimum absolute atomic E-state index is 0.0411. The van der Waals surface area contributed by atoms with Gasteiger partial charge in [0, 0.05) is 5.92 Å². The Morgan fingerprint density at radius 3 is 2.29 bits per heavy atom. The first-order chi connectivity index (χ1) is 9.79. The lowest BCUT2D eigenvalue weighted by molar-refractivity contribution is -0.169. The fourth-order valence-corrected chi connectivity index (χ4v) is 3.83. The van der Waals surface area contributed by atoms with Crippen LogP contribution in [-0.4, -0.2) is 37.9 Å². The van der Waals surface area contributed by atoms with Crippen LogP contribution < -0.4 is 0 Å². The molecule has 0 amide bonds. The minimum Gasteiger partial charge on any atom is -0.468 e. The van der Waals surface area contributed by atoms with Gasteiger partial charge >= 0.3 is 11.9 Å². The van der Waals surface area contributed by atoms with Gasteiger partial charge < -0.3 is 14.2 Å².